The lowest BCUT2D eigenvalue weighted by molar-refractivity contribution is -0.119. The fourth-order valence-electron chi connectivity index (χ4n) is 4.45. The third kappa shape index (κ3) is 6.77. The minimum absolute atomic E-state index is 0.0189. The van der Waals surface area contributed by atoms with Crippen LogP contribution in [0.25, 0.3) is 16.8 Å². The molecule has 0 saturated carbocycles. The second-order valence-electron chi connectivity index (χ2n) is 9.98. The van der Waals surface area contributed by atoms with Crippen LogP contribution in [-0.4, -0.2) is 46.4 Å². The van der Waals surface area contributed by atoms with Gasteiger partial charge in [-0.25, -0.2) is 31.9 Å². The smallest absolute Gasteiger partial charge is 0.259 e. The second-order valence-corrected chi connectivity index (χ2v) is 11.8. The van der Waals surface area contributed by atoms with E-state index in [0.717, 1.165) is 6.07 Å². The van der Waals surface area contributed by atoms with Crippen molar-refractivity contribution in [3.8, 4) is 23.1 Å². The summed E-state index contributed by atoms with van der Waals surface area (Å²) in [4.78, 5) is 21.3. The number of nitrogens with zero attached hydrogens (tertiary/aromatic N) is 3. The Hall–Kier alpha value is -4.18. The minimum Gasteiger partial charge on any atom is -0.378 e. The molecule has 0 bridgehead atoms. The summed E-state index contributed by atoms with van der Waals surface area (Å²) in [5.41, 5.74) is 0.886. The molecule has 0 saturated heterocycles. The Balaban J connectivity index is 2.00. The summed E-state index contributed by atoms with van der Waals surface area (Å²) in [5.74, 6) is 3.96. The minimum atomic E-state index is -3.89. The number of imidazole rings is 1. The van der Waals surface area contributed by atoms with Crippen LogP contribution in [0, 0.1) is 30.4 Å². The highest BCUT2D eigenvalue weighted by Gasteiger charge is 2.26. The maximum absolute atomic E-state index is 14.1. The molecule has 214 valence electrons. The molecule has 3 N–H and O–H groups in total. The number of aliphatic hydroxyl groups is 1. The number of pyridine rings is 2. The zero-order valence-electron chi connectivity index (χ0n) is 23.1. The molecule has 1 atom stereocenters. The molecule has 4 rings (SSSR count). The molecule has 3 aromatic heterocycles. The molecule has 12 heteroatoms. The van der Waals surface area contributed by atoms with Crippen LogP contribution >= 0.6 is 0 Å². The highest BCUT2D eigenvalue weighted by atomic mass is 32.2. The van der Waals surface area contributed by atoms with Gasteiger partial charge in [-0.05, 0) is 82.1 Å². The monoisotopic (exact) mass is 581 g/mol. The summed E-state index contributed by atoms with van der Waals surface area (Å²) in [6, 6.07) is 10.6. The highest BCUT2D eigenvalue weighted by Crippen LogP contribution is 2.32. The molecule has 0 spiro atoms. The van der Waals surface area contributed by atoms with E-state index < -0.39 is 39.2 Å². The van der Waals surface area contributed by atoms with E-state index in [9.17, 15) is 27.1 Å². The first kappa shape index (κ1) is 29.8. The average molecular weight is 582 g/mol. The van der Waals surface area contributed by atoms with E-state index in [2.05, 4.69) is 26.9 Å². The Morgan fingerprint density at radius 3 is 2.41 bits per heavy atom. The lowest BCUT2D eigenvalue weighted by atomic mass is 9.96. The first-order valence-electron chi connectivity index (χ1n) is 12.6. The number of aromatic nitrogens is 3. The topological polar surface area (TPSA) is 126 Å². The van der Waals surface area contributed by atoms with E-state index in [1.54, 1.807) is 41.7 Å². The Morgan fingerprint density at radius 2 is 1.80 bits per heavy atom. The zero-order valence-corrected chi connectivity index (χ0v) is 23.9. The molecular weight excluding hydrogens is 552 g/mol. The zero-order chi connectivity index (χ0) is 30.1. The molecule has 0 aliphatic heterocycles. The summed E-state index contributed by atoms with van der Waals surface area (Å²) < 4.78 is 57.4. The molecule has 0 fully saturated rings. The fraction of sp³-hybridized carbons (Fsp3) is 0.276. The summed E-state index contributed by atoms with van der Waals surface area (Å²) in [5, 5.41) is 12.8. The quantitative estimate of drug-likeness (QED) is 0.287. The van der Waals surface area contributed by atoms with Crippen LogP contribution in [0.4, 0.5) is 8.78 Å². The van der Waals surface area contributed by atoms with Gasteiger partial charge >= 0.3 is 0 Å². The van der Waals surface area contributed by atoms with E-state index in [1.807, 2.05) is 0 Å². The number of hydrogen-bond acceptors (Lipinski definition) is 6. The van der Waals surface area contributed by atoms with E-state index in [4.69, 9.17) is 4.98 Å². The van der Waals surface area contributed by atoms with Crippen molar-refractivity contribution < 1.29 is 27.1 Å². The van der Waals surface area contributed by atoms with Crippen LogP contribution in [0.2, 0.25) is 0 Å². The predicted molar refractivity (Wildman–Crippen MR) is 149 cm³/mol. The molecule has 0 radical (unpaired) electrons. The summed E-state index contributed by atoms with van der Waals surface area (Å²) in [7, 11) is -2.60. The van der Waals surface area contributed by atoms with Crippen LogP contribution in [0.5, 0.6) is 0 Å². The molecule has 1 aromatic carbocycles. The number of carbonyl (C=O) groups excluding carboxylic acids is 1. The number of benzene rings is 1. The van der Waals surface area contributed by atoms with E-state index in [1.165, 1.54) is 40.0 Å². The van der Waals surface area contributed by atoms with Gasteiger partial charge in [0.15, 0.2) is 5.03 Å². The Morgan fingerprint density at radius 1 is 1.12 bits per heavy atom. The second kappa shape index (κ2) is 11.4. The molecule has 3 heterocycles. The van der Waals surface area contributed by atoms with Crippen LogP contribution in [-0.2, 0) is 21.2 Å². The van der Waals surface area contributed by atoms with Gasteiger partial charge in [0.2, 0.25) is 5.91 Å². The number of hydrogen-bond donors (Lipinski definition) is 3. The van der Waals surface area contributed by atoms with Gasteiger partial charge in [-0.2, -0.15) is 0 Å². The maximum atomic E-state index is 14.1. The van der Waals surface area contributed by atoms with Crippen molar-refractivity contribution >= 4 is 21.4 Å². The van der Waals surface area contributed by atoms with E-state index in [0.29, 0.717) is 28.3 Å². The fourth-order valence-corrected chi connectivity index (χ4v) is 5.33. The number of carbonyl (C=O) groups is 1. The first-order chi connectivity index (χ1) is 19.2. The predicted octanol–water partition coefficient (Wildman–Crippen LogP) is 3.43. The number of halogens is 2. The average Bonchev–Trinajstić information content (AvgIpc) is 3.23. The van der Waals surface area contributed by atoms with Gasteiger partial charge in [0.05, 0.1) is 22.9 Å². The number of aryl methyl sites for hydroxylation is 1. The maximum Gasteiger partial charge on any atom is 0.259 e. The summed E-state index contributed by atoms with van der Waals surface area (Å²) in [6.07, 6.45) is -0.0189. The van der Waals surface area contributed by atoms with Crippen molar-refractivity contribution in [2.24, 2.45) is 0 Å². The van der Waals surface area contributed by atoms with Crippen LogP contribution in [0.1, 0.15) is 49.6 Å². The number of rotatable bonds is 7. The van der Waals surface area contributed by atoms with Gasteiger partial charge in [-0.15, -0.1) is 0 Å². The van der Waals surface area contributed by atoms with Crippen LogP contribution in [0.3, 0.4) is 0 Å². The Kier molecular flexibility index (Phi) is 8.26. The van der Waals surface area contributed by atoms with Crippen molar-refractivity contribution in [1.82, 2.24) is 24.4 Å². The van der Waals surface area contributed by atoms with Crippen molar-refractivity contribution in [3.05, 3.63) is 82.9 Å². The Labute approximate surface area is 236 Å². The standard InChI is InChI=1S/C29H29F2N5O4S/c1-17-33-28(41(39,40)32-5)26-8-6-7-25(36(17)26)23-10-9-22(11-12-29(3,4)38)35-27(23)24(34-18(2)37)15-19-13-20(30)16-21(31)14-19/h6-10,13-14,16,24,32,38H,15H2,1-5H3,(H,34,37)/t24-/m0/s1. The molecule has 9 nitrogen and oxygen atoms in total. The lowest BCUT2D eigenvalue weighted by Gasteiger charge is -2.22. The van der Waals surface area contributed by atoms with Gasteiger partial charge < -0.3 is 10.4 Å². The van der Waals surface area contributed by atoms with Gasteiger partial charge in [0, 0.05) is 18.6 Å². The number of fused-ring (bicyclic) bond motifs is 1. The van der Waals surface area contributed by atoms with Gasteiger partial charge in [-0.3, -0.25) is 9.20 Å². The van der Waals surface area contributed by atoms with Gasteiger partial charge in [-0.1, -0.05) is 12.0 Å². The van der Waals surface area contributed by atoms with Crippen molar-refractivity contribution in [2.45, 2.75) is 50.8 Å². The molecule has 41 heavy (non-hydrogen) atoms. The third-order valence-corrected chi connectivity index (χ3v) is 7.43. The van der Waals surface area contributed by atoms with Crippen molar-refractivity contribution in [3.63, 3.8) is 0 Å². The third-order valence-electron chi connectivity index (χ3n) is 6.09. The van der Waals surface area contributed by atoms with Crippen LogP contribution < -0.4 is 10.0 Å². The van der Waals surface area contributed by atoms with Crippen LogP contribution in [0.15, 0.2) is 53.6 Å². The van der Waals surface area contributed by atoms with Crippen molar-refractivity contribution in [1.29, 1.82) is 0 Å². The van der Waals surface area contributed by atoms with E-state index >= 15 is 0 Å². The number of nitrogens with one attached hydrogen (secondary N) is 2. The molecule has 1 amide bonds. The van der Waals surface area contributed by atoms with E-state index in [-0.39, 0.29) is 22.7 Å². The first-order valence-corrected chi connectivity index (χ1v) is 14.1. The molecular formula is C29H29F2N5O4S. The number of sulfonamides is 1. The van der Waals surface area contributed by atoms with Crippen molar-refractivity contribution in [2.75, 3.05) is 7.05 Å². The van der Waals surface area contributed by atoms with Gasteiger partial charge in [0.1, 0.15) is 28.8 Å². The molecule has 4 aromatic rings. The van der Waals surface area contributed by atoms with Gasteiger partial charge in [0.25, 0.3) is 10.0 Å². The SMILES string of the molecule is CNS(=O)(=O)c1nc(C)n2c(-c3ccc(C#CC(C)(C)O)nc3[C@H](Cc3cc(F)cc(F)c3)NC(C)=O)cccc12. The largest absolute Gasteiger partial charge is 0.378 e. The summed E-state index contributed by atoms with van der Waals surface area (Å²) in [6.45, 7) is 6.01. The highest BCUT2D eigenvalue weighted by molar-refractivity contribution is 7.89. The normalized spacial score (nSPS) is 12.6. The Bertz CT molecular complexity index is 1800. The lowest BCUT2D eigenvalue weighted by Crippen LogP contribution is -2.29. The molecule has 0 aliphatic rings. The summed E-state index contributed by atoms with van der Waals surface area (Å²) >= 11 is 0. The molecule has 0 unspecified atom stereocenters. The molecule has 0 aliphatic carbocycles. The number of amides is 1.